The first-order valence-corrected chi connectivity index (χ1v) is 10.4. The molecule has 0 saturated carbocycles. The first kappa shape index (κ1) is 16.4. The van der Waals surface area contributed by atoms with Crippen LogP contribution in [-0.2, 0) is 0 Å². The van der Waals surface area contributed by atoms with Crippen molar-refractivity contribution in [1.82, 2.24) is 9.97 Å². The van der Waals surface area contributed by atoms with E-state index in [4.69, 9.17) is 9.97 Å². The van der Waals surface area contributed by atoms with Crippen LogP contribution >= 0.6 is 11.3 Å². The minimum absolute atomic E-state index is 0.996. The monoisotopic (exact) mass is 388 g/mol. The quantitative estimate of drug-likeness (QED) is 0.310. The molecule has 0 aliphatic carbocycles. The highest BCUT2D eigenvalue weighted by Crippen LogP contribution is 2.36. The van der Waals surface area contributed by atoms with Crippen molar-refractivity contribution in [1.29, 1.82) is 0 Å². The van der Waals surface area contributed by atoms with E-state index in [1.54, 1.807) is 11.3 Å². The van der Waals surface area contributed by atoms with E-state index in [9.17, 15) is 0 Å². The SMILES string of the molecule is c1ccc(-c2nc3ccc4ccc(-c5ccc6ccccc6n5)cc4c3s2)cc1. The molecule has 0 aliphatic heterocycles. The van der Waals surface area contributed by atoms with Crippen LogP contribution in [-0.4, -0.2) is 9.97 Å². The van der Waals surface area contributed by atoms with E-state index in [2.05, 4.69) is 78.9 Å². The molecular weight excluding hydrogens is 372 g/mol. The summed E-state index contributed by atoms with van der Waals surface area (Å²) in [4.78, 5) is 9.75. The van der Waals surface area contributed by atoms with Gasteiger partial charge in [0.1, 0.15) is 5.01 Å². The molecule has 4 aromatic carbocycles. The maximum atomic E-state index is 4.88. The van der Waals surface area contributed by atoms with Crippen LogP contribution in [0.15, 0.2) is 97.1 Å². The van der Waals surface area contributed by atoms with Crippen LogP contribution in [0.5, 0.6) is 0 Å². The predicted molar refractivity (Wildman–Crippen MR) is 123 cm³/mol. The lowest BCUT2D eigenvalue weighted by Gasteiger charge is -2.06. The standard InChI is InChI=1S/C26H16N2S/c1-2-7-19(8-3-1)26-28-24-15-12-17-10-11-20(16-21(17)25(24)29-26)23-14-13-18-6-4-5-9-22(18)27-23/h1-16H. The first-order valence-electron chi connectivity index (χ1n) is 9.60. The molecule has 0 bridgehead atoms. The Kier molecular flexibility index (Phi) is 3.68. The van der Waals surface area contributed by atoms with Gasteiger partial charge < -0.3 is 0 Å². The van der Waals surface area contributed by atoms with E-state index in [-0.39, 0.29) is 0 Å². The highest BCUT2D eigenvalue weighted by molar-refractivity contribution is 7.22. The molecule has 29 heavy (non-hydrogen) atoms. The van der Waals surface area contributed by atoms with Gasteiger partial charge in [0.15, 0.2) is 0 Å². The summed E-state index contributed by atoms with van der Waals surface area (Å²) in [6.45, 7) is 0. The van der Waals surface area contributed by atoms with Gasteiger partial charge in [-0.05, 0) is 29.7 Å². The molecular formula is C26H16N2S. The van der Waals surface area contributed by atoms with Crippen LogP contribution in [0.3, 0.4) is 0 Å². The average Bonchev–Trinajstić information content (AvgIpc) is 3.24. The Bertz CT molecular complexity index is 1500. The van der Waals surface area contributed by atoms with Gasteiger partial charge in [-0.15, -0.1) is 11.3 Å². The van der Waals surface area contributed by atoms with E-state index in [1.165, 1.54) is 15.5 Å². The zero-order valence-electron chi connectivity index (χ0n) is 15.5. The molecule has 6 rings (SSSR count). The molecule has 3 heteroatoms. The fraction of sp³-hybridized carbons (Fsp3) is 0. The summed E-state index contributed by atoms with van der Waals surface area (Å²) in [5.41, 5.74) is 5.35. The molecule has 0 saturated heterocycles. The van der Waals surface area contributed by atoms with Crippen molar-refractivity contribution in [2.45, 2.75) is 0 Å². The molecule has 0 radical (unpaired) electrons. The predicted octanol–water partition coefficient (Wildman–Crippen LogP) is 7.33. The third-order valence-corrected chi connectivity index (χ3v) is 6.44. The Balaban J connectivity index is 1.55. The minimum Gasteiger partial charge on any atom is -0.248 e. The summed E-state index contributed by atoms with van der Waals surface area (Å²) in [5, 5.41) is 4.68. The van der Waals surface area contributed by atoms with Crippen molar-refractivity contribution >= 4 is 43.2 Å². The van der Waals surface area contributed by atoms with Crippen LogP contribution in [0, 0.1) is 0 Å². The number of thiazole rings is 1. The Morgan fingerprint density at radius 1 is 0.552 bits per heavy atom. The van der Waals surface area contributed by atoms with Crippen LogP contribution < -0.4 is 0 Å². The van der Waals surface area contributed by atoms with Crippen LogP contribution in [0.2, 0.25) is 0 Å². The number of hydrogen-bond acceptors (Lipinski definition) is 3. The second-order valence-electron chi connectivity index (χ2n) is 7.12. The Morgan fingerprint density at radius 3 is 2.28 bits per heavy atom. The molecule has 2 nitrogen and oxygen atoms in total. The number of hydrogen-bond donors (Lipinski definition) is 0. The summed E-state index contributed by atoms with van der Waals surface area (Å²) in [6, 6.07) is 33.7. The van der Waals surface area contributed by atoms with Gasteiger partial charge in [-0.25, -0.2) is 9.97 Å². The minimum atomic E-state index is 0.996. The third-order valence-electron chi connectivity index (χ3n) is 5.29. The van der Waals surface area contributed by atoms with E-state index >= 15 is 0 Å². The molecule has 2 heterocycles. The van der Waals surface area contributed by atoms with E-state index in [1.807, 2.05) is 18.2 Å². The lowest BCUT2D eigenvalue weighted by molar-refractivity contribution is 1.40. The van der Waals surface area contributed by atoms with E-state index in [0.717, 1.165) is 38.2 Å². The average molecular weight is 388 g/mol. The van der Waals surface area contributed by atoms with E-state index in [0.29, 0.717) is 0 Å². The number of pyridine rings is 1. The molecule has 2 aromatic heterocycles. The fourth-order valence-corrected chi connectivity index (χ4v) is 4.89. The van der Waals surface area contributed by atoms with Gasteiger partial charge in [-0.2, -0.15) is 0 Å². The molecule has 0 N–H and O–H groups in total. The molecule has 0 amide bonds. The van der Waals surface area contributed by atoms with Gasteiger partial charge in [0.25, 0.3) is 0 Å². The summed E-state index contributed by atoms with van der Waals surface area (Å²) in [7, 11) is 0. The molecule has 136 valence electrons. The maximum Gasteiger partial charge on any atom is 0.124 e. The Morgan fingerprint density at radius 2 is 1.34 bits per heavy atom. The lowest BCUT2D eigenvalue weighted by Crippen LogP contribution is -1.85. The third kappa shape index (κ3) is 2.79. The van der Waals surface area contributed by atoms with Gasteiger partial charge >= 0.3 is 0 Å². The Hall–Kier alpha value is -3.56. The molecule has 0 atom stereocenters. The number of rotatable bonds is 2. The molecule has 6 aromatic rings. The molecule has 0 fully saturated rings. The van der Waals surface area contributed by atoms with Crippen molar-refractivity contribution in [3.63, 3.8) is 0 Å². The second-order valence-corrected chi connectivity index (χ2v) is 8.12. The van der Waals surface area contributed by atoms with Crippen LogP contribution in [0.4, 0.5) is 0 Å². The zero-order chi connectivity index (χ0) is 19.2. The largest absolute Gasteiger partial charge is 0.248 e. The number of para-hydroxylation sites is 1. The highest BCUT2D eigenvalue weighted by Gasteiger charge is 2.11. The van der Waals surface area contributed by atoms with Gasteiger partial charge in [0.2, 0.25) is 0 Å². The summed E-state index contributed by atoms with van der Waals surface area (Å²) < 4.78 is 1.23. The summed E-state index contributed by atoms with van der Waals surface area (Å²) in [5.74, 6) is 0. The Labute approximate surface area is 172 Å². The van der Waals surface area contributed by atoms with Gasteiger partial charge in [-0.1, -0.05) is 72.8 Å². The zero-order valence-corrected chi connectivity index (χ0v) is 16.4. The van der Waals surface area contributed by atoms with Crippen molar-refractivity contribution in [3.8, 4) is 21.8 Å². The van der Waals surface area contributed by atoms with Crippen molar-refractivity contribution in [2.75, 3.05) is 0 Å². The van der Waals surface area contributed by atoms with E-state index < -0.39 is 0 Å². The van der Waals surface area contributed by atoms with Crippen molar-refractivity contribution < 1.29 is 0 Å². The topological polar surface area (TPSA) is 25.8 Å². The van der Waals surface area contributed by atoms with Gasteiger partial charge in [-0.3, -0.25) is 0 Å². The molecule has 0 unspecified atom stereocenters. The van der Waals surface area contributed by atoms with Crippen LogP contribution in [0.25, 0.3) is 53.7 Å². The second kappa shape index (κ2) is 6.50. The first-order chi connectivity index (χ1) is 14.3. The van der Waals surface area contributed by atoms with Crippen LogP contribution in [0.1, 0.15) is 0 Å². The van der Waals surface area contributed by atoms with Crippen molar-refractivity contribution in [3.05, 3.63) is 97.1 Å². The maximum absolute atomic E-state index is 4.88. The normalized spacial score (nSPS) is 11.4. The smallest absolute Gasteiger partial charge is 0.124 e. The molecule has 0 spiro atoms. The summed E-state index contributed by atoms with van der Waals surface area (Å²) in [6.07, 6.45) is 0. The number of nitrogens with zero attached hydrogens (tertiary/aromatic N) is 2. The number of aromatic nitrogens is 2. The number of benzene rings is 4. The highest BCUT2D eigenvalue weighted by atomic mass is 32.1. The van der Waals surface area contributed by atoms with Gasteiger partial charge in [0, 0.05) is 21.9 Å². The van der Waals surface area contributed by atoms with Crippen molar-refractivity contribution in [2.24, 2.45) is 0 Å². The fourth-order valence-electron chi connectivity index (χ4n) is 3.80. The number of fused-ring (bicyclic) bond motifs is 4. The summed E-state index contributed by atoms with van der Waals surface area (Å²) >= 11 is 1.75. The lowest BCUT2D eigenvalue weighted by atomic mass is 10.0. The molecule has 0 aliphatic rings. The van der Waals surface area contributed by atoms with Gasteiger partial charge in [0.05, 0.1) is 21.4 Å².